The van der Waals surface area contributed by atoms with Gasteiger partial charge in [-0.05, 0) is 36.8 Å². The first-order valence-electron chi connectivity index (χ1n) is 11.2. The summed E-state index contributed by atoms with van der Waals surface area (Å²) >= 11 is 0.931. The van der Waals surface area contributed by atoms with Gasteiger partial charge in [0.05, 0.1) is 31.5 Å². The Balaban J connectivity index is 1.90. The molecular formula is C27H24N2O7S. The summed E-state index contributed by atoms with van der Waals surface area (Å²) in [4.78, 5) is 44.7. The van der Waals surface area contributed by atoms with Crippen LogP contribution in [0.25, 0.3) is 5.76 Å². The predicted molar refractivity (Wildman–Crippen MR) is 138 cm³/mol. The van der Waals surface area contributed by atoms with Crippen LogP contribution in [0, 0.1) is 6.92 Å². The summed E-state index contributed by atoms with van der Waals surface area (Å²) < 4.78 is 15.6. The molecule has 1 aliphatic heterocycles. The minimum Gasteiger partial charge on any atom is -0.507 e. The average molecular weight is 521 g/mol. The highest BCUT2D eigenvalue weighted by atomic mass is 32.1. The van der Waals surface area contributed by atoms with Crippen molar-refractivity contribution in [1.82, 2.24) is 4.98 Å². The maximum absolute atomic E-state index is 13.3. The number of aromatic nitrogens is 1. The number of Topliss-reactive ketones (excluding diaryl/α,β-unsaturated/α-hetero) is 1. The molecule has 1 N–H and O–H groups in total. The van der Waals surface area contributed by atoms with Gasteiger partial charge in [-0.3, -0.25) is 14.5 Å². The Kier molecular flexibility index (Phi) is 7.40. The number of methoxy groups -OCH3 is 2. The SMILES string of the molecule is C=CCOc1ccc([C@@H]2C(=C(O)c3cccc(OC)c3)C(=O)C(=O)N2c2nc(C)c(C(=O)OC)s2)cc1. The van der Waals surface area contributed by atoms with E-state index in [0.29, 0.717) is 34.9 Å². The molecule has 1 aromatic heterocycles. The Morgan fingerprint density at radius 1 is 1.16 bits per heavy atom. The molecule has 0 aliphatic carbocycles. The van der Waals surface area contributed by atoms with E-state index >= 15 is 0 Å². The number of hydrogen-bond donors (Lipinski definition) is 1. The zero-order valence-electron chi connectivity index (χ0n) is 20.4. The van der Waals surface area contributed by atoms with Crippen LogP contribution in [0.5, 0.6) is 11.5 Å². The summed E-state index contributed by atoms with van der Waals surface area (Å²) in [6.07, 6.45) is 1.61. The summed E-state index contributed by atoms with van der Waals surface area (Å²) in [6, 6.07) is 12.3. The summed E-state index contributed by atoms with van der Waals surface area (Å²) in [5, 5.41) is 11.4. The first kappa shape index (κ1) is 25.6. The van der Waals surface area contributed by atoms with E-state index in [2.05, 4.69) is 11.6 Å². The second-order valence-corrected chi connectivity index (χ2v) is 8.95. The summed E-state index contributed by atoms with van der Waals surface area (Å²) in [7, 11) is 2.73. The first-order valence-corrected chi connectivity index (χ1v) is 12.0. The van der Waals surface area contributed by atoms with Crippen LogP contribution in [-0.4, -0.2) is 48.6 Å². The molecule has 9 nitrogen and oxygen atoms in total. The van der Waals surface area contributed by atoms with Crippen molar-refractivity contribution in [3.8, 4) is 11.5 Å². The van der Waals surface area contributed by atoms with E-state index in [-0.39, 0.29) is 21.3 Å². The van der Waals surface area contributed by atoms with Crippen molar-refractivity contribution in [2.75, 3.05) is 25.7 Å². The van der Waals surface area contributed by atoms with Crippen LogP contribution in [0.3, 0.4) is 0 Å². The van der Waals surface area contributed by atoms with Gasteiger partial charge in [0.2, 0.25) is 0 Å². The minimum absolute atomic E-state index is 0.120. The molecule has 1 aliphatic rings. The van der Waals surface area contributed by atoms with Crippen molar-refractivity contribution in [2.24, 2.45) is 0 Å². The smallest absolute Gasteiger partial charge is 0.350 e. The number of aryl methyl sites for hydroxylation is 1. The summed E-state index contributed by atoms with van der Waals surface area (Å²) in [6.45, 7) is 5.55. The fourth-order valence-electron chi connectivity index (χ4n) is 3.94. The molecule has 10 heteroatoms. The largest absolute Gasteiger partial charge is 0.507 e. The van der Waals surface area contributed by atoms with Crippen LogP contribution in [0.15, 0.2) is 66.8 Å². The summed E-state index contributed by atoms with van der Waals surface area (Å²) in [5.74, 6) is -1.70. The Morgan fingerprint density at radius 2 is 1.89 bits per heavy atom. The fourth-order valence-corrected chi connectivity index (χ4v) is 4.95. The highest BCUT2D eigenvalue weighted by Gasteiger charge is 2.48. The zero-order valence-corrected chi connectivity index (χ0v) is 21.2. The number of ketones is 1. The molecule has 2 aromatic carbocycles. The van der Waals surface area contributed by atoms with E-state index in [9.17, 15) is 19.5 Å². The van der Waals surface area contributed by atoms with Crippen LogP contribution in [-0.2, 0) is 14.3 Å². The molecule has 1 amide bonds. The van der Waals surface area contributed by atoms with Crippen molar-refractivity contribution in [2.45, 2.75) is 13.0 Å². The number of amides is 1. The molecule has 4 rings (SSSR count). The third kappa shape index (κ3) is 4.83. The van der Waals surface area contributed by atoms with Crippen LogP contribution < -0.4 is 14.4 Å². The van der Waals surface area contributed by atoms with Crippen LogP contribution in [0.2, 0.25) is 0 Å². The van der Waals surface area contributed by atoms with E-state index in [1.807, 2.05) is 0 Å². The Bertz CT molecular complexity index is 1410. The lowest BCUT2D eigenvalue weighted by molar-refractivity contribution is -0.132. The molecule has 0 bridgehead atoms. The number of esters is 1. The van der Waals surface area contributed by atoms with E-state index in [4.69, 9.17) is 14.2 Å². The van der Waals surface area contributed by atoms with Gasteiger partial charge >= 0.3 is 11.9 Å². The third-order valence-electron chi connectivity index (χ3n) is 5.71. The van der Waals surface area contributed by atoms with Gasteiger partial charge in [0.25, 0.3) is 5.78 Å². The fraction of sp³-hybridized carbons (Fsp3) is 0.185. The van der Waals surface area contributed by atoms with Gasteiger partial charge in [0.15, 0.2) is 5.13 Å². The van der Waals surface area contributed by atoms with Gasteiger partial charge in [0, 0.05) is 5.56 Å². The van der Waals surface area contributed by atoms with Gasteiger partial charge in [-0.15, -0.1) is 0 Å². The number of aliphatic hydroxyl groups excluding tert-OH is 1. The van der Waals surface area contributed by atoms with E-state index < -0.39 is 23.7 Å². The quantitative estimate of drug-likeness (QED) is 0.152. The Labute approximate surface area is 217 Å². The molecule has 1 fully saturated rings. The lowest BCUT2D eigenvalue weighted by atomic mass is 9.95. The van der Waals surface area contributed by atoms with Crippen LogP contribution >= 0.6 is 11.3 Å². The van der Waals surface area contributed by atoms with Crippen molar-refractivity contribution in [1.29, 1.82) is 0 Å². The minimum atomic E-state index is -1.02. The number of nitrogens with zero attached hydrogens (tertiary/aromatic N) is 2. The topological polar surface area (TPSA) is 115 Å². The van der Waals surface area contributed by atoms with Gasteiger partial charge in [-0.25, -0.2) is 9.78 Å². The highest BCUT2D eigenvalue weighted by molar-refractivity contribution is 7.17. The number of ether oxygens (including phenoxy) is 3. The van der Waals surface area contributed by atoms with Gasteiger partial charge < -0.3 is 19.3 Å². The van der Waals surface area contributed by atoms with E-state index in [1.54, 1.807) is 61.5 Å². The van der Waals surface area contributed by atoms with Gasteiger partial charge in [-0.2, -0.15) is 0 Å². The van der Waals surface area contributed by atoms with Gasteiger partial charge in [-0.1, -0.05) is 48.3 Å². The number of rotatable bonds is 8. The predicted octanol–water partition coefficient (Wildman–Crippen LogP) is 4.44. The average Bonchev–Trinajstić information content (AvgIpc) is 3.43. The molecule has 0 unspecified atom stereocenters. The second kappa shape index (κ2) is 10.7. The third-order valence-corrected chi connectivity index (χ3v) is 6.85. The molecule has 3 aromatic rings. The maximum Gasteiger partial charge on any atom is 0.350 e. The first-order chi connectivity index (χ1) is 17.8. The molecular weight excluding hydrogens is 496 g/mol. The van der Waals surface area contributed by atoms with Crippen LogP contribution in [0.1, 0.15) is 32.5 Å². The van der Waals surface area contributed by atoms with Crippen molar-refractivity contribution in [3.05, 3.63) is 88.5 Å². The molecule has 0 spiro atoms. The van der Waals surface area contributed by atoms with Crippen molar-refractivity contribution in [3.63, 3.8) is 0 Å². The van der Waals surface area contributed by atoms with Crippen molar-refractivity contribution >= 4 is 39.9 Å². The van der Waals surface area contributed by atoms with Crippen LogP contribution in [0.4, 0.5) is 5.13 Å². The summed E-state index contributed by atoms with van der Waals surface area (Å²) in [5.41, 5.74) is 1.07. The Morgan fingerprint density at radius 3 is 2.54 bits per heavy atom. The van der Waals surface area contributed by atoms with E-state index in [1.165, 1.54) is 19.1 Å². The molecule has 37 heavy (non-hydrogen) atoms. The second-order valence-electron chi connectivity index (χ2n) is 7.97. The van der Waals surface area contributed by atoms with Crippen molar-refractivity contribution < 1.29 is 33.7 Å². The molecule has 190 valence electrons. The Hall–Kier alpha value is -4.44. The highest BCUT2D eigenvalue weighted by Crippen LogP contribution is 2.44. The molecule has 1 saturated heterocycles. The zero-order chi connectivity index (χ0) is 26.7. The normalized spacial score (nSPS) is 16.5. The molecule has 1 atom stereocenters. The van der Waals surface area contributed by atoms with Gasteiger partial charge in [0.1, 0.15) is 28.7 Å². The number of aliphatic hydroxyl groups is 1. The standard InChI is InChI=1S/C27H24N2O7S/c1-5-13-36-18-11-9-16(10-12-18)21-20(22(30)17-7-6-8-19(14-17)34-3)23(31)25(32)29(21)27-28-15(2)24(37-27)26(33)35-4/h5-12,14,21,30H,1,13H2,2-4H3/t21-/m1/s1. The number of anilines is 1. The molecule has 0 radical (unpaired) electrons. The molecule has 0 saturated carbocycles. The number of carbonyl (C=O) groups excluding carboxylic acids is 3. The van der Waals surface area contributed by atoms with E-state index in [0.717, 1.165) is 11.3 Å². The molecule has 2 heterocycles. The monoisotopic (exact) mass is 520 g/mol. The lowest BCUT2D eigenvalue weighted by Gasteiger charge is -2.23. The lowest BCUT2D eigenvalue weighted by Crippen LogP contribution is -2.29. The number of benzene rings is 2. The number of thiazole rings is 1. The number of hydrogen-bond acceptors (Lipinski definition) is 9. The number of carbonyl (C=O) groups is 3. The maximum atomic E-state index is 13.3.